The van der Waals surface area contributed by atoms with Gasteiger partial charge >= 0.3 is 0 Å². The van der Waals surface area contributed by atoms with E-state index < -0.39 is 0 Å². The Balaban J connectivity index is 0.912. The number of nitriles is 2. The molecule has 1 aliphatic carbocycles. The summed E-state index contributed by atoms with van der Waals surface area (Å²) >= 11 is 0. The Labute approximate surface area is 394 Å². The summed E-state index contributed by atoms with van der Waals surface area (Å²) in [4.78, 5) is 4.56. The van der Waals surface area contributed by atoms with Crippen molar-refractivity contribution in [3.63, 3.8) is 0 Å². The fourth-order valence-electron chi connectivity index (χ4n) is 9.97. The van der Waals surface area contributed by atoms with Crippen molar-refractivity contribution in [1.82, 2.24) is 9.13 Å². The van der Waals surface area contributed by atoms with Crippen LogP contribution in [0.4, 0.5) is 28.4 Å². The quantitative estimate of drug-likeness (QED) is 0.145. The maximum absolute atomic E-state index is 9.74. The summed E-state index contributed by atoms with van der Waals surface area (Å²) < 4.78 is 4.67. The van der Waals surface area contributed by atoms with Gasteiger partial charge in [0.25, 0.3) is 0 Å². The van der Waals surface area contributed by atoms with Gasteiger partial charge in [-0.3, -0.25) is 0 Å². The van der Waals surface area contributed by atoms with E-state index in [2.05, 4.69) is 237 Å². The van der Waals surface area contributed by atoms with E-state index in [4.69, 9.17) is 0 Å². The molecule has 6 nitrogen and oxygen atoms in total. The van der Waals surface area contributed by atoms with E-state index in [0.29, 0.717) is 12.0 Å². The summed E-state index contributed by atoms with van der Waals surface area (Å²) in [7, 11) is 0. The van der Waals surface area contributed by atoms with Gasteiger partial charge in [-0.2, -0.15) is 10.5 Å². The van der Waals surface area contributed by atoms with Gasteiger partial charge in [-0.1, -0.05) is 109 Å². The van der Waals surface area contributed by atoms with Gasteiger partial charge in [0.2, 0.25) is 0 Å². The number of benzene rings is 9. The molecule has 0 saturated carbocycles. The zero-order chi connectivity index (χ0) is 45.6. The van der Waals surface area contributed by atoms with Crippen LogP contribution in [-0.2, 0) is 0 Å². The molecule has 12 rings (SSSR count). The molecule has 68 heavy (non-hydrogen) atoms. The van der Waals surface area contributed by atoms with Crippen LogP contribution in [0.15, 0.2) is 242 Å². The Morgan fingerprint density at radius 3 is 1.31 bits per heavy atom. The first kappa shape index (κ1) is 40.2. The summed E-state index contributed by atoms with van der Waals surface area (Å²) in [6, 6.07) is 81.6. The average Bonchev–Trinajstić information content (AvgIpc) is 3.92. The first-order chi connectivity index (χ1) is 33.6. The van der Waals surface area contributed by atoms with Gasteiger partial charge in [-0.05, 0) is 145 Å². The highest BCUT2D eigenvalue weighted by Gasteiger charge is 2.21. The summed E-state index contributed by atoms with van der Waals surface area (Å²) in [5, 5.41) is 24.1. The Morgan fingerprint density at radius 2 is 0.838 bits per heavy atom. The van der Waals surface area contributed by atoms with Crippen LogP contribution in [0, 0.1) is 28.6 Å². The molecule has 320 valence electrons. The Hall–Kier alpha value is -9.36. The number of para-hydroxylation sites is 4. The smallest absolute Gasteiger partial charge is 0.0991 e. The molecule has 0 saturated heterocycles. The van der Waals surface area contributed by atoms with Crippen LogP contribution in [0.1, 0.15) is 12.0 Å². The maximum Gasteiger partial charge on any atom is 0.0991 e. The fourth-order valence-corrected chi connectivity index (χ4v) is 9.97. The third-order valence-electron chi connectivity index (χ3n) is 13.2. The minimum Gasteiger partial charge on any atom is -0.311 e. The number of hydrogen-bond donors (Lipinski definition) is 0. The number of aromatic nitrogens is 2. The lowest BCUT2D eigenvalue weighted by Gasteiger charge is -2.28. The monoisotopic (exact) mass is 870 g/mol. The molecule has 0 radical (unpaired) electrons. The summed E-state index contributed by atoms with van der Waals surface area (Å²) in [6.07, 6.45) is 6.93. The van der Waals surface area contributed by atoms with E-state index in [1.807, 2.05) is 30.3 Å². The van der Waals surface area contributed by atoms with Crippen molar-refractivity contribution >= 4 is 72.0 Å². The summed E-state index contributed by atoms with van der Waals surface area (Å²) in [5.74, 6) is -0.144. The second-order valence-electron chi connectivity index (χ2n) is 17.2. The molecule has 2 heterocycles. The van der Waals surface area contributed by atoms with E-state index in [9.17, 15) is 10.5 Å². The number of nitrogens with zero attached hydrogens (tertiary/aromatic N) is 6. The largest absolute Gasteiger partial charge is 0.311 e. The van der Waals surface area contributed by atoms with Crippen LogP contribution in [-0.4, -0.2) is 9.13 Å². The number of hydrogen-bond acceptors (Lipinski definition) is 4. The first-order valence-corrected chi connectivity index (χ1v) is 22.9. The summed E-state index contributed by atoms with van der Waals surface area (Å²) in [5.41, 5.74) is 15.7. The predicted molar refractivity (Wildman–Crippen MR) is 279 cm³/mol. The molecule has 0 aliphatic heterocycles. The minimum atomic E-state index is -0.144. The van der Waals surface area contributed by atoms with Crippen molar-refractivity contribution in [2.45, 2.75) is 6.42 Å². The van der Waals surface area contributed by atoms with E-state index in [-0.39, 0.29) is 5.92 Å². The van der Waals surface area contributed by atoms with Gasteiger partial charge in [0.05, 0.1) is 45.7 Å². The average molecular weight is 871 g/mol. The molecule has 1 atom stereocenters. The van der Waals surface area contributed by atoms with Gasteiger partial charge in [0.15, 0.2) is 0 Å². The normalized spacial score (nSPS) is 13.4. The van der Waals surface area contributed by atoms with Crippen molar-refractivity contribution in [2.75, 3.05) is 9.80 Å². The van der Waals surface area contributed by atoms with Crippen LogP contribution in [0.5, 0.6) is 0 Å². The lowest BCUT2D eigenvalue weighted by molar-refractivity contribution is 0.824. The highest BCUT2D eigenvalue weighted by molar-refractivity contribution is 6.12. The van der Waals surface area contributed by atoms with E-state index in [1.54, 1.807) is 0 Å². The molecule has 0 bridgehead atoms. The van der Waals surface area contributed by atoms with Gasteiger partial charge < -0.3 is 18.9 Å². The lowest BCUT2D eigenvalue weighted by Crippen LogP contribution is -2.17. The molecule has 0 spiro atoms. The maximum atomic E-state index is 9.74. The molecule has 0 amide bonds. The number of anilines is 5. The lowest BCUT2D eigenvalue weighted by atomic mass is 9.99. The highest BCUT2D eigenvalue weighted by atomic mass is 15.2. The minimum absolute atomic E-state index is 0.144. The standard InChI is InChI=1S/C62H42N6/c63-41-43-19-27-49(28-20-43)65(53-35-37-61-57(39-53)55-15-7-9-17-59(55)67(61)47-11-3-1-4-12-47)51-31-23-45(24-32-51)46-25-33-52(34-26-46)66(50-29-21-44(42-64)22-30-50)54-36-38-62-58(40-54)56-16-8-10-18-60(56)68(62)48-13-5-2-6-14-48/h1-21,23-40,44H,22H2. The number of allylic oxidation sites excluding steroid dienone is 3. The van der Waals surface area contributed by atoms with Gasteiger partial charge in [-0.15, -0.1) is 0 Å². The number of fused-ring (bicyclic) bond motifs is 6. The molecule has 11 aromatic rings. The molecule has 9 aromatic carbocycles. The van der Waals surface area contributed by atoms with Crippen LogP contribution in [0.3, 0.4) is 0 Å². The molecule has 1 aliphatic rings. The Kier molecular flexibility index (Phi) is 9.98. The van der Waals surface area contributed by atoms with E-state index in [0.717, 1.165) is 84.1 Å². The fraction of sp³-hybridized carbons (Fsp3) is 0.0323. The van der Waals surface area contributed by atoms with Crippen molar-refractivity contribution < 1.29 is 0 Å². The highest BCUT2D eigenvalue weighted by Crippen LogP contribution is 2.42. The third kappa shape index (κ3) is 6.97. The number of rotatable bonds is 9. The second-order valence-corrected chi connectivity index (χ2v) is 17.2. The molecular weight excluding hydrogens is 829 g/mol. The van der Waals surface area contributed by atoms with Gasteiger partial charge in [-0.25, -0.2) is 0 Å². The summed E-state index contributed by atoms with van der Waals surface area (Å²) in [6.45, 7) is 0. The van der Waals surface area contributed by atoms with Gasteiger partial charge in [0, 0.05) is 67.1 Å². The van der Waals surface area contributed by atoms with E-state index in [1.165, 1.54) is 16.2 Å². The molecular formula is C62H42N6. The van der Waals surface area contributed by atoms with Crippen molar-refractivity contribution in [3.8, 4) is 34.6 Å². The SMILES string of the molecule is N#Cc1ccc(N(c2ccc(-c3ccc(N(C4=CCC(C#N)C=C4)c4ccc5c(c4)c4ccccc4n5-c4ccccc4)cc3)cc2)c2ccc3c(c2)c2ccccc2n3-c2ccccc2)cc1. The predicted octanol–water partition coefficient (Wildman–Crippen LogP) is 16.0. The van der Waals surface area contributed by atoms with Gasteiger partial charge in [0.1, 0.15) is 0 Å². The van der Waals surface area contributed by atoms with Crippen LogP contribution in [0.2, 0.25) is 0 Å². The molecule has 0 fully saturated rings. The zero-order valence-electron chi connectivity index (χ0n) is 37.0. The second kappa shape index (κ2) is 16.9. The van der Waals surface area contributed by atoms with Crippen LogP contribution in [0.25, 0.3) is 66.1 Å². The van der Waals surface area contributed by atoms with Crippen molar-refractivity contribution in [2.24, 2.45) is 5.92 Å². The van der Waals surface area contributed by atoms with Crippen LogP contribution >= 0.6 is 0 Å². The first-order valence-electron chi connectivity index (χ1n) is 22.9. The Morgan fingerprint density at radius 1 is 0.412 bits per heavy atom. The van der Waals surface area contributed by atoms with Crippen molar-refractivity contribution in [1.29, 1.82) is 10.5 Å². The molecule has 1 unspecified atom stereocenters. The topological polar surface area (TPSA) is 63.9 Å². The Bertz CT molecular complexity index is 3830. The molecule has 0 N–H and O–H groups in total. The zero-order valence-corrected chi connectivity index (χ0v) is 37.0. The van der Waals surface area contributed by atoms with Crippen LogP contribution < -0.4 is 9.80 Å². The van der Waals surface area contributed by atoms with E-state index >= 15 is 0 Å². The third-order valence-corrected chi connectivity index (χ3v) is 13.2. The molecule has 6 heteroatoms. The molecule has 2 aromatic heterocycles. The van der Waals surface area contributed by atoms with Crippen molar-refractivity contribution in [3.05, 3.63) is 248 Å².